The Morgan fingerprint density at radius 2 is 2.08 bits per heavy atom. The van der Waals surface area contributed by atoms with Gasteiger partial charge in [0.25, 0.3) is 0 Å². The average Bonchev–Trinajstić information content (AvgIpc) is 3.47. The van der Waals surface area contributed by atoms with E-state index >= 15 is 0 Å². The van der Waals surface area contributed by atoms with Crippen LogP contribution in [0.1, 0.15) is 44.6 Å². The highest BCUT2D eigenvalue weighted by Gasteiger charge is 2.23. The first-order valence-electron chi connectivity index (χ1n) is 12.9. The minimum atomic E-state index is -0.640. The van der Waals surface area contributed by atoms with Crippen LogP contribution in [-0.2, 0) is 24.1 Å². The fraction of sp³-hybridized carbons (Fsp3) is 0.393. The predicted molar refractivity (Wildman–Crippen MR) is 143 cm³/mol. The van der Waals surface area contributed by atoms with E-state index in [2.05, 4.69) is 25.4 Å². The van der Waals surface area contributed by atoms with Crippen LogP contribution in [0.3, 0.4) is 0 Å². The van der Waals surface area contributed by atoms with E-state index < -0.39 is 17.5 Å². The third-order valence-electron chi connectivity index (χ3n) is 6.66. The number of hydrogen-bond donors (Lipinski definition) is 4. The van der Waals surface area contributed by atoms with Gasteiger partial charge in [0.15, 0.2) is 17.4 Å². The van der Waals surface area contributed by atoms with E-state index in [1.54, 1.807) is 0 Å². The number of hydrogen-bond acceptors (Lipinski definition) is 6. The molecule has 0 atom stereocenters. The van der Waals surface area contributed by atoms with Gasteiger partial charge in [0.2, 0.25) is 0 Å². The number of ether oxygens (including phenoxy) is 1. The van der Waals surface area contributed by atoms with Gasteiger partial charge in [0, 0.05) is 43.7 Å². The molecule has 2 aromatic heterocycles. The number of fused-ring (bicyclic) bond motifs is 2. The van der Waals surface area contributed by atoms with Gasteiger partial charge in [-0.3, -0.25) is 10.00 Å². The molecule has 0 radical (unpaired) electrons. The highest BCUT2D eigenvalue weighted by Crippen LogP contribution is 2.34. The fourth-order valence-electron chi connectivity index (χ4n) is 4.81. The molecule has 0 aliphatic carbocycles. The van der Waals surface area contributed by atoms with Crippen molar-refractivity contribution in [3.8, 4) is 28.4 Å². The van der Waals surface area contributed by atoms with Crippen molar-refractivity contribution in [1.82, 2.24) is 30.4 Å². The Balaban J connectivity index is 1.30. The Hall–Kier alpha value is -3.92. The van der Waals surface area contributed by atoms with E-state index in [0.717, 1.165) is 57.6 Å². The molecule has 1 aliphatic rings. The second-order valence-corrected chi connectivity index (χ2v) is 10.6. The SMILES string of the molecule is CCc1cc(O)c(F)cc1-c1ccc2c(-c3nc4c([nH]3)CCN(CCNC(=O)OC(C)(C)C)C4)n[nH]c2c1. The van der Waals surface area contributed by atoms with Crippen molar-refractivity contribution in [2.75, 3.05) is 19.6 Å². The quantitative estimate of drug-likeness (QED) is 0.287. The molecule has 2 aromatic carbocycles. The van der Waals surface area contributed by atoms with E-state index in [1.165, 1.54) is 12.1 Å². The minimum absolute atomic E-state index is 0.338. The Kier molecular flexibility index (Phi) is 6.83. The molecule has 1 aliphatic heterocycles. The summed E-state index contributed by atoms with van der Waals surface area (Å²) in [5, 5.41) is 21.1. The average molecular weight is 521 g/mol. The number of amides is 1. The summed E-state index contributed by atoms with van der Waals surface area (Å²) in [4.78, 5) is 22.4. The van der Waals surface area contributed by atoms with Gasteiger partial charge in [0.05, 0.1) is 11.2 Å². The minimum Gasteiger partial charge on any atom is -0.505 e. The maximum absolute atomic E-state index is 14.1. The van der Waals surface area contributed by atoms with E-state index in [1.807, 2.05) is 45.9 Å². The van der Waals surface area contributed by atoms with Crippen molar-refractivity contribution in [2.45, 2.75) is 52.7 Å². The largest absolute Gasteiger partial charge is 0.505 e. The number of imidazole rings is 1. The molecule has 0 unspecified atom stereocenters. The molecule has 200 valence electrons. The van der Waals surface area contributed by atoms with Gasteiger partial charge < -0.3 is 20.1 Å². The van der Waals surface area contributed by atoms with Crippen LogP contribution >= 0.6 is 0 Å². The Morgan fingerprint density at radius 3 is 2.84 bits per heavy atom. The smallest absolute Gasteiger partial charge is 0.407 e. The van der Waals surface area contributed by atoms with Gasteiger partial charge in [-0.05, 0) is 68.1 Å². The third-order valence-corrected chi connectivity index (χ3v) is 6.66. The number of benzene rings is 2. The van der Waals surface area contributed by atoms with Crippen molar-refractivity contribution < 1.29 is 19.0 Å². The first kappa shape index (κ1) is 25.7. The predicted octanol–water partition coefficient (Wildman–Crippen LogP) is 4.91. The lowest BCUT2D eigenvalue weighted by Crippen LogP contribution is -2.39. The molecule has 9 nitrogen and oxygen atoms in total. The van der Waals surface area contributed by atoms with Crippen molar-refractivity contribution in [3.05, 3.63) is 53.1 Å². The molecule has 38 heavy (non-hydrogen) atoms. The highest BCUT2D eigenvalue weighted by molar-refractivity contribution is 5.94. The highest BCUT2D eigenvalue weighted by atomic mass is 19.1. The van der Waals surface area contributed by atoms with Crippen molar-refractivity contribution in [1.29, 1.82) is 0 Å². The molecule has 0 saturated carbocycles. The number of halogens is 1. The summed E-state index contributed by atoms with van der Waals surface area (Å²) < 4.78 is 19.4. The number of aromatic amines is 2. The first-order chi connectivity index (χ1) is 18.1. The number of rotatable bonds is 6. The van der Waals surface area contributed by atoms with E-state index in [-0.39, 0.29) is 5.75 Å². The van der Waals surface area contributed by atoms with Crippen molar-refractivity contribution in [2.24, 2.45) is 0 Å². The molecule has 5 rings (SSSR count). The lowest BCUT2D eigenvalue weighted by Gasteiger charge is -2.26. The summed E-state index contributed by atoms with van der Waals surface area (Å²) in [6.45, 7) is 10.2. The molecule has 0 spiro atoms. The molecule has 0 saturated heterocycles. The fourth-order valence-corrected chi connectivity index (χ4v) is 4.81. The zero-order valence-corrected chi connectivity index (χ0v) is 22.1. The maximum atomic E-state index is 14.1. The Labute approximate surface area is 220 Å². The number of carbonyl (C=O) groups is 1. The summed E-state index contributed by atoms with van der Waals surface area (Å²) in [7, 11) is 0. The van der Waals surface area contributed by atoms with Gasteiger partial charge >= 0.3 is 6.09 Å². The number of nitrogens with zero attached hydrogens (tertiary/aromatic N) is 3. The zero-order chi connectivity index (χ0) is 27.0. The van der Waals surface area contributed by atoms with E-state index in [9.17, 15) is 14.3 Å². The monoisotopic (exact) mass is 520 g/mol. The number of H-pyrrole nitrogens is 2. The number of phenolic OH excluding ortho intramolecular Hbond substituents is 1. The standard InChI is InChI=1S/C28H33FN6O3/c1-5-16-13-24(36)20(29)14-19(16)17-6-7-18-22(12-17)33-34-25(18)26-31-21-8-10-35(15-23(21)32-26)11-9-30-27(37)38-28(2,3)4/h6-7,12-14,36H,5,8-11,15H2,1-4H3,(H,30,37)(H,31,32)(H,33,34). The lowest BCUT2D eigenvalue weighted by atomic mass is 9.96. The van der Waals surface area contributed by atoms with Crippen molar-refractivity contribution in [3.63, 3.8) is 0 Å². The van der Waals surface area contributed by atoms with Crippen LogP contribution in [0.15, 0.2) is 30.3 Å². The van der Waals surface area contributed by atoms with Crippen LogP contribution in [0.5, 0.6) is 5.75 Å². The number of carbonyl (C=O) groups excluding carboxylic acids is 1. The second-order valence-electron chi connectivity index (χ2n) is 10.6. The van der Waals surface area contributed by atoms with Crippen molar-refractivity contribution >= 4 is 17.0 Å². The third kappa shape index (κ3) is 5.35. The molecule has 4 aromatic rings. The van der Waals surface area contributed by atoms with Gasteiger partial charge in [0.1, 0.15) is 11.3 Å². The molecular formula is C28H33FN6O3. The van der Waals surface area contributed by atoms with Crippen LogP contribution in [-0.4, -0.2) is 61.5 Å². The normalized spacial score (nSPS) is 14.0. The van der Waals surface area contributed by atoms with Crippen LogP contribution in [0.25, 0.3) is 33.5 Å². The summed E-state index contributed by atoms with van der Waals surface area (Å²) in [6, 6.07) is 8.71. The second kappa shape index (κ2) is 10.1. The molecule has 1 amide bonds. The topological polar surface area (TPSA) is 119 Å². The van der Waals surface area contributed by atoms with Crippen LogP contribution in [0.2, 0.25) is 0 Å². The van der Waals surface area contributed by atoms with E-state index in [0.29, 0.717) is 31.9 Å². The Morgan fingerprint density at radius 1 is 1.26 bits per heavy atom. The number of nitrogens with one attached hydrogen (secondary N) is 3. The van der Waals surface area contributed by atoms with Crippen LogP contribution in [0.4, 0.5) is 9.18 Å². The summed E-state index contributed by atoms with van der Waals surface area (Å²) in [6.07, 6.45) is 1.09. The molecular weight excluding hydrogens is 487 g/mol. The Bertz CT molecular complexity index is 1490. The zero-order valence-electron chi connectivity index (χ0n) is 22.1. The number of phenols is 1. The summed E-state index contributed by atoms with van der Waals surface area (Å²) in [5.41, 5.74) is 5.56. The number of aromatic hydroxyl groups is 1. The van der Waals surface area contributed by atoms with Crippen LogP contribution in [0, 0.1) is 5.82 Å². The molecule has 0 bridgehead atoms. The maximum Gasteiger partial charge on any atom is 0.407 e. The summed E-state index contributed by atoms with van der Waals surface area (Å²) in [5.74, 6) is -0.277. The number of alkyl carbamates (subject to hydrolysis) is 1. The van der Waals surface area contributed by atoms with Gasteiger partial charge in [-0.2, -0.15) is 5.10 Å². The van der Waals surface area contributed by atoms with Gasteiger partial charge in [-0.15, -0.1) is 0 Å². The molecule has 10 heteroatoms. The van der Waals surface area contributed by atoms with Gasteiger partial charge in [-0.25, -0.2) is 14.2 Å². The summed E-state index contributed by atoms with van der Waals surface area (Å²) >= 11 is 0. The van der Waals surface area contributed by atoms with E-state index in [4.69, 9.17) is 9.72 Å². The van der Waals surface area contributed by atoms with Crippen LogP contribution < -0.4 is 5.32 Å². The lowest BCUT2D eigenvalue weighted by molar-refractivity contribution is 0.0521. The molecule has 3 heterocycles. The van der Waals surface area contributed by atoms with Gasteiger partial charge in [-0.1, -0.05) is 13.0 Å². The number of aryl methyl sites for hydroxylation is 1. The first-order valence-corrected chi connectivity index (χ1v) is 12.9. The molecule has 0 fully saturated rings. The number of aromatic nitrogens is 4. The molecule has 4 N–H and O–H groups in total.